The molecule has 0 aromatic heterocycles. The van der Waals surface area contributed by atoms with E-state index in [4.69, 9.17) is 9.31 Å². The first kappa shape index (κ1) is 18.7. The molecule has 1 aliphatic rings. The molecule has 1 saturated heterocycles. The average molecular weight is 373 g/mol. The van der Waals surface area contributed by atoms with Crippen LogP contribution in [0.15, 0.2) is 66.7 Å². The van der Waals surface area contributed by atoms with Gasteiger partial charge in [-0.3, -0.25) is 4.79 Å². The van der Waals surface area contributed by atoms with Crippen LogP contribution in [0.5, 0.6) is 0 Å². The lowest BCUT2D eigenvalue weighted by Gasteiger charge is -2.32. The molecule has 4 rings (SSSR count). The molecule has 0 atom stereocenters. The number of hydrogen-bond donors (Lipinski definition) is 1. The van der Waals surface area contributed by atoms with Crippen LogP contribution in [-0.4, -0.2) is 24.2 Å². The lowest BCUT2D eigenvalue weighted by atomic mass is 9.78. The summed E-state index contributed by atoms with van der Waals surface area (Å²) in [6.07, 6.45) is 0. The zero-order valence-electron chi connectivity index (χ0n) is 16.7. The molecule has 0 bridgehead atoms. The number of carbonyl (C=O) groups excluding carboxylic acids is 1. The highest BCUT2D eigenvalue weighted by Gasteiger charge is 2.51. The summed E-state index contributed by atoms with van der Waals surface area (Å²) in [7, 11) is -0.420. The topological polar surface area (TPSA) is 47.6 Å². The van der Waals surface area contributed by atoms with Crippen molar-refractivity contribution in [3.05, 3.63) is 72.3 Å². The molecular weight excluding hydrogens is 349 g/mol. The van der Waals surface area contributed by atoms with Gasteiger partial charge in [0, 0.05) is 11.3 Å². The molecular formula is C23H24BNO3. The maximum atomic E-state index is 12.8. The number of hydrogen-bond acceptors (Lipinski definition) is 3. The van der Waals surface area contributed by atoms with E-state index >= 15 is 0 Å². The zero-order chi connectivity index (χ0) is 19.9. The molecule has 4 nitrogen and oxygen atoms in total. The Balaban J connectivity index is 1.65. The number of fused-ring (bicyclic) bond motifs is 1. The highest BCUT2D eigenvalue weighted by atomic mass is 16.7. The van der Waals surface area contributed by atoms with Gasteiger partial charge in [-0.05, 0) is 62.1 Å². The second-order valence-corrected chi connectivity index (χ2v) is 8.19. The quantitative estimate of drug-likeness (QED) is 0.693. The third-order valence-corrected chi connectivity index (χ3v) is 5.71. The van der Waals surface area contributed by atoms with Gasteiger partial charge in [-0.15, -0.1) is 0 Å². The van der Waals surface area contributed by atoms with Crippen LogP contribution in [0, 0.1) is 0 Å². The Kier molecular flexibility index (Phi) is 4.52. The molecule has 1 fully saturated rings. The van der Waals surface area contributed by atoms with Crippen molar-refractivity contribution in [2.75, 3.05) is 5.32 Å². The summed E-state index contributed by atoms with van der Waals surface area (Å²) in [5, 5.41) is 4.83. The third-order valence-electron chi connectivity index (χ3n) is 5.71. The van der Waals surface area contributed by atoms with Gasteiger partial charge in [0.05, 0.1) is 11.2 Å². The second-order valence-electron chi connectivity index (χ2n) is 8.19. The summed E-state index contributed by atoms with van der Waals surface area (Å²) in [6.45, 7) is 8.17. The number of anilines is 1. The van der Waals surface area contributed by atoms with Crippen molar-refractivity contribution < 1.29 is 14.1 Å². The van der Waals surface area contributed by atoms with Crippen molar-refractivity contribution in [1.29, 1.82) is 0 Å². The molecule has 0 unspecified atom stereocenters. The third kappa shape index (κ3) is 3.32. The first-order valence-corrected chi connectivity index (χ1v) is 9.52. The van der Waals surface area contributed by atoms with Crippen molar-refractivity contribution >= 4 is 34.9 Å². The van der Waals surface area contributed by atoms with Crippen molar-refractivity contribution in [2.24, 2.45) is 0 Å². The summed E-state index contributed by atoms with van der Waals surface area (Å²) < 4.78 is 12.3. The SMILES string of the molecule is CC1(C)OB(c2ccc3c(C(=O)Nc4ccccc4)cccc3c2)OC1(C)C. The van der Waals surface area contributed by atoms with Gasteiger partial charge in [-0.2, -0.15) is 0 Å². The van der Waals surface area contributed by atoms with Crippen LogP contribution in [-0.2, 0) is 9.31 Å². The zero-order valence-corrected chi connectivity index (χ0v) is 16.7. The van der Waals surface area contributed by atoms with Crippen LogP contribution in [0.1, 0.15) is 38.1 Å². The first-order valence-electron chi connectivity index (χ1n) is 9.52. The number of para-hydroxylation sites is 1. The molecule has 1 N–H and O–H groups in total. The molecule has 0 saturated carbocycles. The predicted molar refractivity (Wildman–Crippen MR) is 114 cm³/mol. The molecule has 28 heavy (non-hydrogen) atoms. The minimum absolute atomic E-state index is 0.125. The van der Waals surface area contributed by atoms with Crippen LogP contribution in [0.4, 0.5) is 5.69 Å². The van der Waals surface area contributed by atoms with E-state index in [1.165, 1.54) is 0 Å². The standard InChI is InChI=1S/C23H24BNO3/c1-22(2)23(3,4)28-24(27-22)17-13-14-19-16(15-17)9-8-12-20(19)21(26)25-18-10-6-5-7-11-18/h5-15H,1-4H3,(H,25,26). The van der Waals surface area contributed by atoms with E-state index in [2.05, 4.69) is 5.32 Å². The highest BCUT2D eigenvalue weighted by molar-refractivity contribution is 6.62. The number of amides is 1. The van der Waals surface area contributed by atoms with Crippen LogP contribution in [0.3, 0.4) is 0 Å². The number of benzene rings is 3. The minimum atomic E-state index is -0.420. The Morgan fingerprint density at radius 3 is 2.21 bits per heavy atom. The van der Waals surface area contributed by atoms with Crippen molar-refractivity contribution in [2.45, 2.75) is 38.9 Å². The fraction of sp³-hybridized carbons (Fsp3) is 0.261. The van der Waals surface area contributed by atoms with E-state index in [0.29, 0.717) is 5.56 Å². The number of carbonyl (C=O) groups is 1. The van der Waals surface area contributed by atoms with Gasteiger partial charge in [0.2, 0.25) is 0 Å². The van der Waals surface area contributed by atoms with E-state index in [1.54, 1.807) is 0 Å². The fourth-order valence-corrected chi connectivity index (χ4v) is 3.35. The summed E-state index contributed by atoms with van der Waals surface area (Å²) in [5.41, 5.74) is 1.60. The predicted octanol–water partition coefficient (Wildman–Crippen LogP) is 4.39. The molecule has 1 heterocycles. The number of nitrogens with one attached hydrogen (secondary N) is 1. The smallest absolute Gasteiger partial charge is 0.399 e. The van der Waals surface area contributed by atoms with Gasteiger partial charge in [0.15, 0.2) is 0 Å². The van der Waals surface area contributed by atoms with E-state index in [-0.39, 0.29) is 17.1 Å². The molecule has 0 aliphatic carbocycles. The van der Waals surface area contributed by atoms with Crippen LogP contribution in [0.2, 0.25) is 0 Å². The van der Waals surface area contributed by atoms with E-state index in [0.717, 1.165) is 21.9 Å². The molecule has 3 aromatic rings. The van der Waals surface area contributed by atoms with Gasteiger partial charge < -0.3 is 14.6 Å². The van der Waals surface area contributed by atoms with Gasteiger partial charge in [0.1, 0.15) is 0 Å². The molecule has 1 amide bonds. The van der Waals surface area contributed by atoms with Crippen LogP contribution < -0.4 is 10.8 Å². The Bertz CT molecular complexity index is 1010. The van der Waals surface area contributed by atoms with E-state index in [9.17, 15) is 4.79 Å². The molecule has 3 aromatic carbocycles. The van der Waals surface area contributed by atoms with Crippen LogP contribution >= 0.6 is 0 Å². The Labute approximate surface area is 166 Å². The molecule has 0 spiro atoms. The lowest BCUT2D eigenvalue weighted by Crippen LogP contribution is -2.41. The van der Waals surface area contributed by atoms with E-state index in [1.807, 2.05) is 94.4 Å². The maximum Gasteiger partial charge on any atom is 0.494 e. The first-order chi connectivity index (χ1) is 13.3. The largest absolute Gasteiger partial charge is 0.494 e. The summed E-state index contributed by atoms with van der Waals surface area (Å²) >= 11 is 0. The Morgan fingerprint density at radius 1 is 0.857 bits per heavy atom. The van der Waals surface area contributed by atoms with Crippen molar-refractivity contribution in [1.82, 2.24) is 0 Å². The normalized spacial score (nSPS) is 17.6. The summed E-state index contributed by atoms with van der Waals surface area (Å²) in [4.78, 5) is 12.8. The van der Waals surface area contributed by atoms with Crippen molar-refractivity contribution in [3.63, 3.8) is 0 Å². The number of rotatable bonds is 3. The fourth-order valence-electron chi connectivity index (χ4n) is 3.35. The van der Waals surface area contributed by atoms with Gasteiger partial charge in [-0.1, -0.05) is 48.5 Å². The molecule has 5 heteroatoms. The van der Waals surface area contributed by atoms with Crippen molar-refractivity contribution in [3.8, 4) is 0 Å². The second kappa shape index (κ2) is 6.76. The Morgan fingerprint density at radius 2 is 1.54 bits per heavy atom. The van der Waals surface area contributed by atoms with Gasteiger partial charge >= 0.3 is 7.12 Å². The van der Waals surface area contributed by atoms with Gasteiger partial charge in [0.25, 0.3) is 5.91 Å². The summed E-state index contributed by atoms with van der Waals surface area (Å²) in [6, 6.07) is 21.2. The molecule has 1 aliphatic heterocycles. The molecule has 142 valence electrons. The average Bonchev–Trinajstić information content (AvgIpc) is 2.89. The lowest BCUT2D eigenvalue weighted by molar-refractivity contribution is 0.00578. The highest BCUT2D eigenvalue weighted by Crippen LogP contribution is 2.36. The molecule has 0 radical (unpaired) electrons. The van der Waals surface area contributed by atoms with Gasteiger partial charge in [-0.25, -0.2) is 0 Å². The minimum Gasteiger partial charge on any atom is -0.399 e. The van der Waals surface area contributed by atoms with E-state index < -0.39 is 7.12 Å². The maximum absolute atomic E-state index is 12.8. The summed E-state index contributed by atoms with van der Waals surface area (Å²) in [5.74, 6) is -0.125. The monoisotopic (exact) mass is 373 g/mol. The van der Waals surface area contributed by atoms with Crippen LogP contribution in [0.25, 0.3) is 10.8 Å². The Hall–Kier alpha value is -2.63.